The summed E-state index contributed by atoms with van der Waals surface area (Å²) in [4.78, 5) is 0. The molecule has 1 unspecified atom stereocenters. The lowest BCUT2D eigenvalue weighted by Gasteiger charge is -2.38. The molecule has 1 heterocycles. The standard InChI is InChI=1S/C9H15F2NO.ClH.H2O4S/c10-9(11)4-8(5-9)13-7-2-1-3-12-6-7;;1-5(2,3)4/h7-8,12H,1-6H2;1H;(H2,1,2,3,4). The van der Waals surface area contributed by atoms with Crippen molar-refractivity contribution in [1.29, 1.82) is 0 Å². The Hall–Kier alpha value is -0.0600. The highest BCUT2D eigenvalue weighted by Crippen LogP contribution is 2.40. The fraction of sp³-hybridized carbons (Fsp3) is 1.00. The van der Waals surface area contributed by atoms with Crippen LogP contribution >= 0.6 is 12.4 Å². The third-order valence-corrected chi connectivity index (χ3v) is 2.69. The summed E-state index contributed by atoms with van der Waals surface area (Å²) in [5, 5.41) is 3.20. The highest BCUT2D eigenvalue weighted by Gasteiger charge is 2.46. The van der Waals surface area contributed by atoms with Gasteiger partial charge in [-0.1, -0.05) is 0 Å². The Morgan fingerprint density at radius 2 is 1.74 bits per heavy atom. The predicted molar refractivity (Wildman–Crippen MR) is 66.4 cm³/mol. The fourth-order valence-electron chi connectivity index (χ4n) is 1.91. The molecule has 6 nitrogen and oxygen atoms in total. The van der Waals surface area contributed by atoms with Gasteiger partial charge >= 0.3 is 10.4 Å². The molecule has 1 saturated heterocycles. The lowest BCUT2D eigenvalue weighted by Crippen LogP contribution is -2.46. The SMILES string of the molecule is Cl.FC1(F)CC(OC2CCCNC2)C1.O=S(=O)(O)O. The predicted octanol–water partition coefficient (Wildman–Crippen LogP) is 1.32. The first kappa shape index (κ1) is 18.9. The van der Waals surface area contributed by atoms with E-state index in [1.807, 2.05) is 0 Å². The van der Waals surface area contributed by atoms with Gasteiger partial charge in [0.25, 0.3) is 5.92 Å². The molecule has 1 aliphatic carbocycles. The van der Waals surface area contributed by atoms with Crippen molar-refractivity contribution < 1.29 is 31.0 Å². The molecule has 19 heavy (non-hydrogen) atoms. The normalized spacial score (nSPS) is 26.4. The Kier molecular flexibility index (Phi) is 7.63. The van der Waals surface area contributed by atoms with Crippen molar-refractivity contribution in [2.75, 3.05) is 13.1 Å². The molecule has 2 rings (SSSR count). The highest BCUT2D eigenvalue weighted by molar-refractivity contribution is 7.79. The number of piperidine rings is 1. The van der Waals surface area contributed by atoms with Crippen LogP contribution < -0.4 is 5.32 Å². The van der Waals surface area contributed by atoms with E-state index in [4.69, 9.17) is 22.3 Å². The van der Waals surface area contributed by atoms with E-state index >= 15 is 0 Å². The summed E-state index contributed by atoms with van der Waals surface area (Å²) in [7, 11) is -4.67. The van der Waals surface area contributed by atoms with Gasteiger partial charge in [0.1, 0.15) is 0 Å². The Balaban J connectivity index is 0.000000471. The zero-order valence-electron chi connectivity index (χ0n) is 10.1. The van der Waals surface area contributed by atoms with E-state index in [-0.39, 0.29) is 37.5 Å². The van der Waals surface area contributed by atoms with Crippen LogP contribution in [-0.2, 0) is 15.1 Å². The molecule has 1 atom stereocenters. The van der Waals surface area contributed by atoms with Crippen LogP contribution in [0.5, 0.6) is 0 Å². The van der Waals surface area contributed by atoms with Crippen molar-refractivity contribution in [3.05, 3.63) is 0 Å². The van der Waals surface area contributed by atoms with E-state index in [9.17, 15) is 8.78 Å². The first-order chi connectivity index (χ1) is 8.16. The topological polar surface area (TPSA) is 95.9 Å². The number of hydrogen-bond donors (Lipinski definition) is 3. The van der Waals surface area contributed by atoms with Crippen LogP contribution in [0.4, 0.5) is 8.78 Å². The Labute approximate surface area is 116 Å². The number of ether oxygens (including phenoxy) is 1. The minimum absolute atomic E-state index is 0. The van der Waals surface area contributed by atoms with Crippen molar-refractivity contribution in [2.24, 2.45) is 0 Å². The van der Waals surface area contributed by atoms with E-state index in [2.05, 4.69) is 5.32 Å². The first-order valence-electron chi connectivity index (χ1n) is 5.60. The molecular weight excluding hydrogens is 308 g/mol. The lowest BCUT2D eigenvalue weighted by molar-refractivity contribution is -0.183. The second kappa shape index (κ2) is 7.65. The maximum absolute atomic E-state index is 12.4. The summed E-state index contributed by atoms with van der Waals surface area (Å²) in [5.74, 6) is -2.45. The molecule has 0 aromatic heterocycles. The molecule has 116 valence electrons. The molecule has 3 N–H and O–H groups in total. The van der Waals surface area contributed by atoms with E-state index in [1.54, 1.807) is 0 Å². The van der Waals surface area contributed by atoms with Crippen molar-refractivity contribution in [1.82, 2.24) is 5.32 Å². The van der Waals surface area contributed by atoms with Crippen LogP contribution in [0.2, 0.25) is 0 Å². The van der Waals surface area contributed by atoms with Crippen LogP contribution in [0, 0.1) is 0 Å². The van der Waals surface area contributed by atoms with Crippen LogP contribution in [0.3, 0.4) is 0 Å². The van der Waals surface area contributed by atoms with Gasteiger partial charge in [-0.05, 0) is 19.4 Å². The molecule has 0 radical (unpaired) electrons. The highest BCUT2D eigenvalue weighted by atomic mass is 35.5. The molecule has 0 amide bonds. The summed E-state index contributed by atoms with van der Waals surface area (Å²) in [6.07, 6.45) is 1.91. The summed E-state index contributed by atoms with van der Waals surface area (Å²) in [6, 6.07) is 0. The Morgan fingerprint density at radius 1 is 1.21 bits per heavy atom. The van der Waals surface area contributed by atoms with Gasteiger partial charge in [-0.25, -0.2) is 8.78 Å². The third kappa shape index (κ3) is 9.47. The zero-order chi connectivity index (χ0) is 13.8. The van der Waals surface area contributed by atoms with Crippen LogP contribution in [0.25, 0.3) is 0 Å². The van der Waals surface area contributed by atoms with Crippen molar-refractivity contribution in [3.8, 4) is 0 Å². The van der Waals surface area contributed by atoms with E-state index in [0.29, 0.717) is 0 Å². The average Bonchev–Trinajstić information content (AvgIpc) is 2.13. The second-order valence-corrected chi connectivity index (χ2v) is 5.33. The van der Waals surface area contributed by atoms with Gasteiger partial charge in [-0.15, -0.1) is 12.4 Å². The summed E-state index contributed by atoms with van der Waals surface area (Å²) in [5.41, 5.74) is 0. The quantitative estimate of drug-likeness (QED) is 0.663. The van der Waals surface area contributed by atoms with Gasteiger partial charge in [0.05, 0.1) is 12.2 Å². The zero-order valence-corrected chi connectivity index (χ0v) is 11.7. The third-order valence-electron chi connectivity index (χ3n) is 2.69. The van der Waals surface area contributed by atoms with Gasteiger partial charge in [0, 0.05) is 19.4 Å². The number of halogens is 3. The van der Waals surface area contributed by atoms with E-state index < -0.39 is 16.3 Å². The van der Waals surface area contributed by atoms with Gasteiger partial charge < -0.3 is 10.1 Å². The molecule has 1 saturated carbocycles. The molecule has 0 spiro atoms. The molecule has 10 heteroatoms. The smallest absolute Gasteiger partial charge is 0.373 e. The molecule has 0 bridgehead atoms. The molecule has 0 aromatic carbocycles. The van der Waals surface area contributed by atoms with Crippen LogP contribution in [-0.4, -0.2) is 48.7 Å². The molecule has 2 aliphatic rings. The summed E-state index contributed by atoms with van der Waals surface area (Å²) < 4.78 is 62.0. The monoisotopic (exact) mass is 325 g/mol. The number of rotatable bonds is 2. The molecule has 0 aromatic rings. The Bertz CT molecular complexity index is 346. The van der Waals surface area contributed by atoms with Gasteiger partial charge in [-0.2, -0.15) is 8.42 Å². The minimum Gasteiger partial charge on any atom is -0.373 e. The van der Waals surface area contributed by atoms with Crippen LogP contribution in [0.1, 0.15) is 25.7 Å². The second-order valence-electron chi connectivity index (χ2n) is 4.44. The fourth-order valence-corrected chi connectivity index (χ4v) is 1.91. The first-order valence-corrected chi connectivity index (χ1v) is 6.99. The molecule has 1 aliphatic heterocycles. The Morgan fingerprint density at radius 3 is 2.11 bits per heavy atom. The van der Waals surface area contributed by atoms with E-state index in [0.717, 1.165) is 25.9 Å². The maximum atomic E-state index is 12.4. The average molecular weight is 326 g/mol. The summed E-state index contributed by atoms with van der Waals surface area (Å²) in [6.45, 7) is 1.85. The van der Waals surface area contributed by atoms with Gasteiger partial charge in [0.2, 0.25) is 0 Å². The number of nitrogens with one attached hydrogen (secondary N) is 1. The molecular formula is C9H18ClF2NO5S. The van der Waals surface area contributed by atoms with Crippen molar-refractivity contribution in [3.63, 3.8) is 0 Å². The maximum Gasteiger partial charge on any atom is 0.394 e. The lowest BCUT2D eigenvalue weighted by atomic mass is 9.90. The number of hydrogen-bond acceptors (Lipinski definition) is 4. The van der Waals surface area contributed by atoms with Gasteiger partial charge in [0.15, 0.2) is 0 Å². The molecule has 2 fully saturated rings. The van der Waals surface area contributed by atoms with E-state index in [1.165, 1.54) is 0 Å². The minimum atomic E-state index is -4.67. The van der Waals surface area contributed by atoms with Crippen LogP contribution in [0.15, 0.2) is 0 Å². The summed E-state index contributed by atoms with van der Waals surface area (Å²) >= 11 is 0. The van der Waals surface area contributed by atoms with Crippen molar-refractivity contribution in [2.45, 2.75) is 43.8 Å². The van der Waals surface area contributed by atoms with Gasteiger partial charge in [-0.3, -0.25) is 9.11 Å². The van der Waals surface area contributed by atoms with Crippen molar-refractivity contribution >= 4 is 22.8 Å². The number of alkyl halides is 2. The largest absolute Gasteiger partial charge is 0.394 e.